The van der Waals surface area contributed by atoms with Crippen molar-refractivity contribution >= 4 is 40.7 Å². The third kappa shape index (κ3) is 6.05. The van der Waals surface area contributed by atoms with E-state index in [-0.39, 0.29) is 35.1 Å². The van der Waals surface area contributed by atoms with E-state index >= 15 is 0 Å². The fourth-order valence-corrected chi connectivity index (χ4v) is 6.31. The van der Waals surface area contributed by atoms with Gasteiger partial charge in [0.1, 0.15) is 6.07 Å². The predicted octanol–water partition coefficient (Wildman–Crippen LogP) is 5.62. The van der Waals surface area contributed by atoms with Crippen molar-refractivity contribution in [2.24, 2.45) is 4.99 Å². The predicted molar refractivity (Wildman–Crippen MR) is 171 cm³/mol. The molecule has 2 heterocycles. The standard InChI is InChI=1S/C34H30ClN3O5S/c1-5-42-33(40)28-29(23-9-7-6-8-10-23)37-34-38(30(28)24-13-11-22(12-14-24)20(2)3)32(39)27(44-34)19-21-17-25(35)31(43-16-15-36)26(18-21)41-4/h6-14,17-20,30H,5,16H2,1-4H3/b27-19-/t30-/m1/s1. The number of nitrogens with zero attached hydrogens (tertiary/aromatic N) is 3. The van der Waals surface area contributed by atoms with E-state index in [0.717, 1.165) is 16.7 Å². The number of thiazole rings is 1. The molecule has 0 saturated carbocycles. The van der Waals surface area contributed by atoms with Gasteiger partial charge in [-0.1, -0.05) is 91.4 Å². The highest BCUT2D eigenvalue weighted by Crippen LogP contribution is 2.37. The Bertz CT molecular complexity index is 1960. The second-order valence-corrected chi connectivity index (χ2v) is 11.7. The average Bonchev–Trinajstić information content (AvgIpc) is 3.34. The van der Waals surface area contributed by atoms with Crippen molar-refractivity contribution in [3.63, 3.8) is 0 Å². The molecule has 0 unspecified atom stereocenters. The van der Waals surface area contributed by atoms with Crippen LogP contribution in [0, 0.1) is 11.3 Å². The van der Waals surface area contributed by atoms with Crippen molar-refractivity contribution in [2.45, 2.75) is 32.7 Å². The van der Waals surface area contributed by atoms with Gasteiger partial charge in [-0.2, -0.15) is 5.26 Å². The molecule has 1 aliphatic rings. The van der Waals surface area contributed by atoms with E-state index in [0.29, 0.717) is 32.3 Å². The zero-order chi connectivity index (χ0) is 31.4. The number of methoxy groups -OCH3 is 1. The van der Waals surface area contributed by atoms with E-state index in [1.165, 1.54) is 18.4 Å². The first-order valence-electron chi connectivity index (χ1n) is 14.0. The molecule has 0 aliphatic carbocycles. The summed E-state index contributed by atoms with van der Waals surface area (Å²) in [5.41, 5.74) is 3.65. The summed E-state index contributed by atoms with van der Waals surface area (Å²) in [5, 5.41) is 9.15. The van der Waals surface area contributed by atoms with Crippen molar-refractivity contribution in [3.05, 3.63) is 119 Å². The van der Waals surface area contributed by atoms with Crippen LogP contribution in [0.25, 0.3) is 11.8 Å². The van der Waals surface area contributed by atoms with Crippen LogP contribution in [0.1, 0.15) is 55.0 Å². The molecule has 0 bridgehead atoms. The van der Waals surface area contributed by atoms with Gasteiger partial charge < -0.3 is 14.2 Å². The maximum atomic E-state index is 14.2. The van der Waals surface area contributed by atoms with Gasteiger partial charge in [0.05, 0.1) is 40.6 Å². The van der Waals surface area contributed by atoms with E-state index in [4.69, 9.17) is 36.1 Å². The Labute approximate surface area is 263 Å². The van der Waals surface area contributed by atoms with E-state index in [9.17, 15) is 9.59 Å². The minimum absolute atomic E-state index is 0.171. The largest absolute Gasteiger partial charge is 0.493 e. The van der Waals surface area contributed by atoms with Crippen LogP contribution in [0.3, 0.4) is 0 Å². The normalized spacial score (nSPS) is 14.6. The van der Waals surface area contributed by atoms with Gasteiger partial charge in [0.15, 0.2) is 22.9 Å². The number of aromatic nitrogens is 1. The molecule has 44 heavy (non-hydrogen) atoms. The molecular weight excluding hydrogens is 598 g/mol. The van der Waals surface area contributed by atoms with E-state index < -0.39 is 12.0 Å². The van der Waals surface area contributed by atoms with Gasteiger partial charge >= 0.3 is 5.97 Å². The average molecular weight is 628 g/mol. The Balaban J connectivity index is 1.77. The molecular formula is C34H30ClN3O5S. The van der Waals surface area contributed by atoms with E-state index in [2.05, 4.69) is 13.8 Å². The van der Waals surface area contributed by atoms with Gasteiger partial charge in [0.2, 0.25) is 0 Å². The number of ether oxygens (including phenoxy) is 3. The lowest BCUT2D eigenvalue weighted by molar-refractivity contribution is -0.138. The van der Waals surface area contributed by atoms with Gasteiger partial charge in [0.25, 0.3) is 5.56 Å². The Morgan fingerprint density at radius 1 is 1.16 bits per heavy atom. The number of rotatable bonds is 9. The molecule has 5 rings (SSSR count). The number of benzene rings is 3. The van der Waals surface area contributed by atoms with Gasteiger partial charge in [-0.3, -0.25) is 9.36 Å². The van der Waals surface area contributed by atoms with Gasteiger partial charge in [-0.25, -0.2) is 9.79 Å². The van der Waals surface area contributed by atoms with E-state index in [1.54, 1.807) is 29.7 Å². The Morgan fingerprint density at radius 3 is 2.52 bits per heavy atom. The Kier molecular flexibility index (Phi) is 9.33. The van der Waals surface area contributed by atoms with Crippen LogP contribution < -0.4 is 24.4 Å². The maximum Gasteiger partial charge on any atom is 0.338 e. The molecule has 0 radical (unpaired) electrons. The molecule has 10 heteroatoms. The SMILES string of the molecule is CCOC(=O)C1=C(c2ccccc2)N=c2s/c(=C\c3cc(Cl)c(OCC#N)c(OC)c3)c(=O)n2[C@@H]1c1ccc(C(C)C)cc1. The minimum Gasteiger partial charge on any atom is -0.493 e. The van der Waals surface area contributed by atoms with Crippen LogP contribution >= 0.6 is 22.9 Å². The van der Waals surface area contributed by atoms with Gasteiger partial charge in [0, 0.05) is 5.56 Å². The fourth-order valence-electron chi connectivity index (χ4n) is 5.04. The highest BCUT2D eigenvalue weighted by Gasteiger charge is 2.35. The summed E-state index contributed by atoms with van der Waals surface area (Å²) in [6, 6.07) is 21.8. The molecule has 1 aromatic heterocycles. The third-order valence-corrected chi connectivity index (χ3v) is 8.39. The fraction of sp³-hybridized carbons (Fsp3) is 0.235. The van der Waals surface area contributed by atoms with Crippen LogP contribution in [-0.2, 0) is 9.53 Å². The first-order valence-corrected chi connectivity index (χ1v) is 15.2. The van der Waals surface area contributed by atoms with E-state index in [1.807, 2.05) is 60.7 Å². The lowest BCUT2D eigenvalue weighted by atomic mass is 9.91. The highest BCUT2D eigenvalue weighted by molar-refractivity contribution is 7.07. The molecule has 0 amide bonds. The maximum absolute atomic E-state index is 14.2. The van der Waals surface area contributed by atoms with Crippen molar-refractivity contribution in [2.75, 3.05) is 20.3 Å². The number of halogens is 1. The van der Waals surface area contributed by atoms with Crippen molar-refractivity contribution in [3.8, 4) is 17.6 Å². The third-order valence-electron chi connectivity index (χ3n) is 7.12. The van der Waals surface area contributed by atoms with Gasteiger partial charge in [-0.15, -0.1) is 0 Å². The molecule has 1 aliphatic heterocycles. The molecule has 0 spiro atoms. The zero-order valence-electron chi connectivity index (χ0n) is 24.7. The smallest absolute Gasteiger partial charge is 0.338 e. The number of nitriles is 1. The highest BCUT2D eigenvalue weighted by atomic mass is 35.5. The molecule has 4 aromatic rings. The molecule has 1 atom stereocenters. The summed E-state index contributed by atoms with van der Waals surface area (Å²) in [6.45, 7) is 5.94. The Hall–Kier alpha value is -4.65. The molecule has 0 fully saturated rings. The van der Waals surface area contributed by atoms with Crippen LogP contribution in [-0.4, -0.2) is 30.9 Å². The van der Waals surface area contributed by atoms with Crippen LogP contribution in [0.4, 0.5) is 0 Å². The second-order valence-electron chi connectivity index (χ2n) is 10.2. The van der Waals surface area contributed by atoms with Crippen LogP contribution in [0.5, 0.6) is 11.5 Å². The number of carbonyl (C=O) groups excluding carboxylic acids is 1. The second kappa shape index (κ2) is 13.3. The van der Waals surface area contributed by atoms with Crippen molar-refractivity contribution in [1.82, 2.24) is 4.57 Å². The quantitative estimate of drug-likeness (QED) is 0.223. The number of hydrogen-bond donors (Lipinski definition) is 0. The first kappa shape index (κ1) is 30.8. The summed E-state index contributed by atoms with van der Waals surface area (Å²) < 4.78 is 18.4. The summed E-state index contributed by atoms with van der Waals surface area (Å²) >= 11 is 7.68. The lowest BCUT2D eigenvalue weighted by Gasteiger charge is -2.26. The zero-order valence-corrected chi connectivity index (χ0v) is 26.2. The summed E-state index contributed by atoms with van der Waals surface area (Å²) in [5.74, 6) is 0.342. The number of esters is 1. The minimum atomic E-state index is -0.774. The number of fused-ring (bicyclic) bond motifs is 1. The van der Waals surface area contributed by atoms with Crippen LogP contribution in [0.2, 0.25) is 5.02 Å². The monoisotopic (exact) mass is 627 g/mol. The Morgan fingerprint density at radius 2 is 1.89 bits per heavy atom. The molecule has 224 valence electrons. The molecule has 0 saturated heterocycles. The van der Waals surface area contributed by atoms with Crippen molar-refractivity contribution < 1.29 is 19.0 Å². The first-order chi connectivity index (χ1) is 21.3. The summed E-state index contributed by atoms with van der Waals surface area (Å²) in [6.07, 6.45) is 1.70. The summed E-state index contributed by atoms with van der Waals surface area (Å²) in [4.78, 5) is 33.2. The molecule has 3 aromatic carbocycles. The number of carbonyl (C=O) groups is 1. The van der Waals surface area contributed by atoms with Crippen LogP contribution in [0.15, 0.2) is 82.1 Å². The number of hydrogen-bond acceptors (Lipinski definition) is 8. The molecule has 0 N–H and O–H groups in total. The van der Waals surface area contributed by atoms with Gasteiger partial charge in [-0.05, 0) is 47.7 Å². The van der Waals surface area contributed by atoms with Crippen molar-refractivity contribution in [1.29, 1.82) is 5.26 Å². The molecule has 8 nitrogen and oxygen atoms in total. The lowest BCUT2D eigenvalue weighted by Crippen LogP contribution is -2.40. The summed E-state index contributed by atoms with van der Waals surface area (Å²) in [7, 11) is 1.47. The topological polar surface area (TPSA) is 103 Å².